The zero-order valence-corrected chi connectivity index (χ0v) is 19.7. The fourth-order valence-corrected chi connectivity index (χ4v) is 4.53. The molecule has 180 valence electrons. The summed E-state index contributed by atoms with van der Waals surface area (Å²) >= 11 is 1.33. The molecule has 0 aliphatic heterocycles. The molecule has 6 nitrogen and oxygen atoms in total. The van der Waals surface area contributed by atoms with Gasteiger partial charge in [-0.05, 0) is 48.4 Å². The van der Waals surface area contributed by atoms with Gasteiger partial charge in [0.15, 0.2) is 10.8 Å². The molecule has 0 N–H and O–H groups in total. The molecule has 0 unspecified atom stereocenters. The van der Waals surface area contributed by atoms with Gasteiger partial charge in [0.25, 0.3) is 0 Å². The number of thioether (sulfide) groups is 1. The Morgan fingerprint density at radius 2 is 1.83 bits per heavy atom. The van der Waals surface area contributed by atoms with Crippen LogP contribution in [0.1, 0.15) is 30.9 Å². The molecule has 0 spiro atoms. The molecule has 0 radical (unpaired) electrons. The number of hydrogen-bond donors (Lipinski definition) is 0. The molecule has 5 rings (SSSR count). The Hall–Kier alpha value is -3.53. The molecule has 0 aliphatic rings. The minimum Gasteiger partial charge on any atom is -0.494 e. The molecule has 3 heterocycles. The van der Waals surface area contributed by atoms with Crippen LogP contribution >= 0.6 is 11.8 Å². The second kappa shape index (κ2) is 9.61. The zero-order chi connectivity index (χ0) is 24.4. The van der Waals surface area contributed by atoms with E-state index in [9.17, 15) is 13.2 Å². The highest BCUT2D eigenvalue weighted by atomic mass is 32.2. The second-order valence-electron chi connectivity index (χ2n) is 8.05. The van der Waals surface area contributed by atoms with Crippen LogP contribution in [0.2, 0.25) is 0 Å². The van der Waals surface area contributed by atoms with Crippen molar-refractivity contribution in [2.75, 3.05) is 6.61 Å². The van der Waals surface area contributed by atoms with E-state index in [1.807, 2.05) is 40.9 Å². The number of fused-ring (bicyclic) bond motifs is 3. The average Bonchev–Trinajstić information content (AvgIpc) is 3.47. The Morgan fingerprint density at radius 1 is 1.00 bits per heavy atom. The second-order valence-corrected chi connectivity index (χ2v) is 8.99. The number of alkyl halides is 3. The van der Waals surface area contributed by atoms with Crippen LogP contribution in [-0.2, 0) is 11.9 Å². The Kier molecular flexibility index (Phi) is 6.38. The first-order chi connectivity index (χ1) is 16.9. The van der Waals surface area contributed by atoms with Crippen molar-refractivity contribution in [2.24, 2.45) is 0 Å². The number of halogens is 3. The standard InChI is InChI=1S/C25H22F3N5OS/c1-2-3-13-34-20-9-7-18(8-10-20)21-15-22-23-29-30-24(32(23)11-12-33(22)31-21)35-16-17-5-4-6-19(14-17)25(26,27)28/h4-12,14-15H,2-3,13,16H2,1H3. The lowest BCUT2D eigenvalue weighted by Crippen LogP contribution is -2.04. The maximum atomic E-state index is 13.0. The number of nitrogens with zero attached hydrogens (tertiary/aromatic N) is 5. The number of rotatable bonds is 8. The molecular formula is C25H22F3N5OS. The molecule has 0 atom stereocenters. The maximum Gasteiger partial charge on any atom is 0.416 e. The third-order valence-electron chi connectivity index (χ3n) is 5.53. The van der Waals surface area contributed by atoms with Crippen LogP contribution in [0, 0.1) is 0 Å². The maximum absolute atomic E-state index is 13.0. The van der Waals surface area contributed by atoms with Crippen molar-refractivity contribution in [1.82, 2.24) is 24.2 Å². The van der Waals surface area contributed by atoms with Gasteiger partial charge in [-0.2, -0.15) is 18.3 Å². The number of unbranched alkanes of at least 4 members (excludes halogenated alkanes) is 1. The fourth-order valence-electron chi connectivity index (χ4n) is 3.67. The number of ether oxygens (including phenoxy) is 1. The van der Waals surface area contributed by atoms with E-state index in [1.165, 1.54) is 17.8 Å². The molecule has 0 bridgehead atoms. The van der Waals surface area contributed by atoms with Crippen LogP contribution in [0.15, 0.2) is 72.1 Å². The summed E-state index contributed by atoms with van der Waals surface area (Å²) < 4.78 is 48.3. The third kappa shape index (κ3) is 4.97. The van der Waals surface area contributed by atoms with Crippen LogP contribution < -0.4 is 4.74 Å². The van der Waals surface area contributed by atoms with E-state index < -0.39 is 11.7 Å². The van der Waals surface area contributed by atoms with Gasteiger partial charge in [-0.1, -0.05) is 43.3 Å². The summed E-state index contributed by atoms with van der Waals surface area (Å²) in [6, 6.07) is 15.1. The SMILES string of the molecule is CCCCOc1ccc(-c2cc3c4nnc(SCc5cccc(C(F)(F)F)c5)n4ccn3n2)cc1. The van der Waals surface area contributed by atoms with Gasteiger partial charge in [0.05, 0.1) is 17.9 Å². The van der Waals surface area contributed by atoms with Crippen molar-refractivity contribution < 1.29 is 17.9 Å². The molecule has 5 aromatic rings. The fraction of sp³-hybridized carbons (Fsp3) is 0.240. The predicted octanol–water partition coefficient (Wildman–Crippen LogP) is 6.53. The molecule has 0 fully saturated rings. The third-order valence-corrected chi connectivity index (χ3v) is 6.54. The highest BCUT2D eigenvalue weighted by Gasteiger charge is 2.30. The highest BCUT2D eigenvalue weighted by molar-refractivity contribution is 7.98. The van der Waals surface area contributed by atoms with Crippen molar-refractivity contribution in [3.63, 3.8) is 0 Å². The summed E-state index contributed by atoms with van der Waals surface area (Å²) in [4.78, 5) is 0. The van der Waals surface area contributed by atoms with E-state index in [0.29, 0.717) is 28.7 Å². The summed E-state index contributed by atoms with van der Waals surface area (Å²) in [5.74, 6) is 1.17. The predicted molar refractivity (Wildman–Crippen MR) is 129 cm³/mol. The summed E-state index contributed by atoms with van der Waals surface area (Å²) in [6.07, 6.45) is 1.35. The monoisotopic (exact) mass is 497 g/mol. The van der Waals surface area contributed by atoms with E-state index in [4.69, 9.17) is 4.74 Å². The molecule has 0 saturated carbocycles. The number of benzene rings is 2. The van der Waals surface area contributed by atoms with Crippen molar-refractivity contribution in [1.29, 1.82) is 0 Å². The van der Waals surface area contributed by atoms with Crippen molar-refractivity contribution in [2.45, 2.75) is 36.9 Å². The van der Waals surface area contributed by atoms with Gasteiger partial charge in [-0.3, -0.25) is 4.40 Å². The van der Waals surface area contributed by atoms with Gasteiger partial charge in [0, 0.05) is 23.7 Å². The Morgan fingerprint density at radius 3 is 2.60 bits per heavy atom. The van der Waals surface area contributed by atoms with Gasteiger partial charge >= 0.3 is 6.18 Å². The van der Waals surface area contributed by atoms with E-state index in [0.717, 1.165) is 47.5 Å². The van der Waals surface area contributed by atoms with Gasteiger partial charge in [0.2, 0.25) is 0 Å². The molecule has 10 heteroatoms. The quantitative estimate of drug-likeness (QED) is 0.180. The zero-order valence-electron chi connectivity index (χ0n) is 18.9. The first-order valence-corrected chi connectivity index (χ1v) is 12.2. The smallest absolute Gasteiger partial charge is 0.416 e. The average molecular weight is 498 g/mol. The van der Waals surface area contributed by atoms with E-state index >= 15 is 0 Å². The molecule has 35 heavy (non-hydrogen) atoms. The molecule has 0 amide bonds. The molecule has 2 aromatic carbocycles. The molecular weight excluding hydrogens is 475 g/mol. The first kappa shape index (κ1) is 23.2. The van der Waals surface area contributed by atoms with Crippen LogP contribution in [0.25, 0.3) is 22.4 Å². The molecule has 3 aromatic heterocycles. The van der Waals surface area contributed by atoms with E-state index in [2.05, 4.69) is 22.2 Å². The number of hydrogen-bond acceptors (Lipinski definition) is 5. The Balaban J connectivity index is 1.36. The normalized spacial score (nSPS) is 12.0. The largest absolute Gasteiger partial charge is 0.494 e. The van der Waals surface area contributed by atoms with Gasteiger partial charge < -0.3 is 4.74 Å². The van der Waals surface area contributed by atoms with E-state index in [-0.39, 0.29) is 0 Å². The summed E-state index contributed by atoms with van der Waals surface area (Å²) in [6.45, 7) is 2.82. The van der Waals surface area contributed by atoms with Crippen molar-refractivity contribution in [3.8, 4) is 17.0 Å². The van der Waals surface area contributed by atoms with Crippen LogP contribution in [0.3, 0.4) is 0 Å². The minimum atomic E-state index is -4.37. The summed E-state index contributed by atoms with van der Waals surface area (Å²) in [5, 5.41) is 13.8. The molecule has 0 aliphatic carbocycles. The lowest BCUT2D eigenvalue weighted by atomic mass is 10.1. The Labute approximate surface area is 203 Å². The number of aromatic nitrogens is 5. The van der Waals surface area contributed by atoms with Gasteiger partial charge in [-0.15, -0.1) is 10.2 Å². The molecule has 0 saturated heterocycles. The first-order valence-electron chi connectivity index (χ1n) is 11.2. The summed E-state index contributed by atoms with van der Waals surface area (Å²) in [5.41, 5.74) is 3.06. The lowest BCUT2D eigenvalue weighted by molar-refractivity contribution is -0.137. The Bertz CT molecular complexity index is 1460. The van der Waals surface area contributed by atoms with E-state index in [1.54, 1.807) is 16.8 Å². The minimum absolute atomic E-state index is 0.340. The van der Waals surface area contributed by atoms with Crippen molar-refractivity contribution in [3.05, 3.63) is 78.1 Å². The lowest BCUT2D eigenvalue weighted by Gasteiger charge is -2.08. The van der Waals surface area contributed by atoms with Crippen molar-refractivity contribution >= 4 is 22.9 Å². The topological polar surface area (TPSA) is 56.7 Å². The van der Waals surface area contributed by atoms with Crippen LogP contribution in [0.4, 0.5) is 13.2 Å². The van der Waals surface area contributed by atoms with Crippen LogP contribution in [0.5, 0.6) is 5.75 Å². The summed E-state index contributed by atoms with van der Waals surface area (Å²) in [7, 11) is 0. The van der Waals surface area contributed by atoms with Gasteiger partial charge in [-0.25, -0.2) is 4.52 Å². The van der Waals surface area contributed by atoms with Gasteiger partial charge in [0.1, 0.15) is 11.3 Å². The highest BCUT2D eigenvalue weighted by Crippen LogP contribution is 2.31. The van der Waals surface area contributed by atoms with Crippen LogP contribution in [-0.4, -0.2) is 30.8 Å².